The van der Waals surface area contributed by atoms with Gasteiger partial charge in [-0.1, -0.05) is 0 Å². The van der Waals surface area contributed by atoms with Crippen LogP contribution >= 0.6 is 11.3 Å². The van der Waals surface area contributed by atoms with Crippen molar-refractivity contribution in [3.8, 4) is 0 Å². The zero-order valence-electron chi connectivity index (χ0n) is 16.9. The van der Waals surface area contributed by atoms with Crippen molar-refractivity contribution in [2.45, 2.75) is 32.4 Å². The fraction of sp³-hybridized carbons (Fsp3) is 0.500. The van der Waals surface area contributed by atoms with E-state index in [2.05, 4.69) is 37.6 Å². The molecule has 7 heteroatoms. The molecule has 2 saturated heterocycles. The SMILES string of the molecule is Cc1nc2sccn2c1CN1CCCC(N2CCN(c3ccc(F)cc3)CC2)C1. The number of anilines is 1. The van der Waals surface area contributed by atoms with Gasteiger partial charge in [0.05, 0.1) is 11.4 Å². The van der Waals surface area contributed by atoms with Crippen LogP contribution < -0.4 is 4.90 Å². The van der Waals surface area contributed by atoms with Crippen LogP contribution in [0.15, 0.2) is 35.8 Å². The summed E-state index contributed by atoms with van der Waals surface area (Å²) in [5.74, 6) is -0.164. The van der Waals surface area contributed by atoms with Crippen LogP contribution in [0.5, 0.6) is 0 Å². The molecule has 0 saturated carbocycles. The zero-order valence-corrected chi connectivity index (χ0v) is 17.7. The molecule has 0 N–H and O–H groups in total. The Morgan fingerprint density at radius 1 is 1.10 bits per heavy atom. The fourth-order valence-electron chi connectivity index (χ4n) is 4.81. The minimum Gasteiger partial charge on any atom is -0.369 e. The highest BCUT2D eigenvalue weighted by molar-refractivity contribution is 7.15. The Balaban J connectivity index is 1.20. The number of aromatic nitrogens is 2. The number of fused-ring (bicyclic) bond motifs is 1. The largest absolute Gasteiger partial charge is 0.369 e. The van der Waals surface area contributed by atoms with Crippen molar-refractivity contribution in [3.05, 3.63) is 53.0 Å². The molecule has 5 rings (SSSR count). The number of aryl methyl sites for hydroxylation is 1. The van der Waals surface area contributed by atoms with Gasteiger partial charge >= 0.3 is 0 Å². The third-order valence-corrected chi connectivity index (χ3v) is 7.19. The van der Waals surface area contributed by atoms with E-state index >= 15 is 0 Å². The second kappa shape index (κ2) is 8.05. The number of likely N-dealkylation sites (tertiary alicyclic amines) is 1. The third kappa shape index (κ3) is 3.91. The summed E-state index contributed by atoms with van der Waals surface area (Å²) in [6, 6.07) is 7.54. The second-order valence-electron chi connectivity index (χ2n) is 8.23. The number of thiazole rings is 1. The molecule has 29 heavy (non-hydrogen) atoms. The second-order valence-corrected chi connectivity index (χ2v) is 9.10. The average Bonchev–Trinajstić information content (AvgIpc) is 3.31. The molecule has 1 unspecified atom stereocenters. The van der Waals surface area contributed by atoms with Crippen LogP contribution in [0.2, 0.25) is 0 Å². The van der Waals surface area contributed by atoms with E-state index < -0.39 is 0 Å². The quantitative estimate of drug-likeness (QED) is 0.653. The van der Waals surface area contributed by atoms with Crippen molar-refractivity contribution < 1.29 is 4.39 Å². The van der Waals surface area contributed by atoms with Crippen LogP contribution in [0.3, 0.4) is 0 Å². The lowest BCUT2D eigenvalue weighted by Crippen LogP contribution is -2.55. The molecule has 2 aliphatic heterocycles. The van der Waals surface area contributed by atoms with Crippen molar-refractivity contribution in [3.63, 3.8) is 0 Å². The summed E-state index contributed by atoms with van der Waals surface area (Å²) >= 11 is 1.71. The van der Waals surface area contributed by atoms with Crippen LogP contribution in [-0.4, -0.2) is 64.5 Å². The Kier molecular flexibility index (Phi) is 5.28. The van der Waals surface area contributed by atoms with E-state index in [0.29, 0.717) is 6.04 Å². The van der Waals surface area contributed by atoms with Gasteiger partial charge in [0.25, 0.3) is 0 Å². The summed E-state index contributed by atoms with van der Waals surface area (Å²) in [6.07, 6.45) is 4.69. The normalized spacial score (nSPS) is 21.9. The van der Waals surface area contributed by atoms with Gasteiger partial charge in [-0.15, -0.1) is 11.3 Å². The maximum atomic E-state index is 13.2. The molecule has 0 bridgehead atoms. The number of piperidine rings is 1. The fourth-order valence-corrected chi connectivity index (χ4v) is 5.59. The monoisotopic (exact) mass is 413 g/mol. The van der Waals surface area contributed by atoms with E-state index in [4.69, 9.17) is 4.98 Å². The van der Waals surface area contributed by atoms with Gasteiger partial charge in [-0.3, -0.25) is 14.2 Å². The van der Waals surface area contributed by atoms with Crippen LogP contribution in [-0.2, 0) is 6.54 Å². The molecule has 1 atom stereocenters. The van der Waals surface area contributed by atoms with Crippen LogP contribution in [0, 0.1) is 12.7 Å². The van der Waals surface area contributed by atoms with Gasteiger partial charge < -0.3 is 4.90 Å². The Bertz CT molecular complexity index is 957. The lowest BCUT2D eigenvalue weighted by atomic mass is 10.0. The molecule has 0 aliphatic carbocycles. The van der Waals surface area contributed by atoms with E-state index in [9.17, 15) is 4.39 Å². The van der Waals surface area contributed by atoms with Crippen LogP contribution in [0.25, 0.3) is 4.96 Å². The number of hydrogen-bond donors (Lipinski definition) is 0. The Morgan fingerprint density at radius 2 is 1.90 bits per heavy atom. The molecule has 2 fully saturated rings. The lowest BCUT2D eigenvalue weighted by molar-refractivity contribution is 0.0878. The first kappa shape index (κ1) is 19.0. The molecule has 0 radical (unpaired) electrons. The van der Waals surface area contributed by atoms with E-state index in [0.717, 1.165) is 55.6 Å². The molecule has 154 valence electrons. The van der Waals surface area contributed by atoms with Crippen molar-refractivity contribution in [2.75, 3.05) is 44.2 Å². The van der Waals surface area contributed by atoms with E-state index in [1.807, 2.05) is 12.1 Å². The smallest absolute Gasteiger partial charge is 0.194 e. The molecule has 0 spiro atoms. The van der Waals surface area contributed by atoms with E-state index in [1.54, 1.807) is 23.5 Å². The molecule has 2 aliphatic rings. The maximum absolute atomic E-state index is 13.2. The number of imidazole rings is 1. The van der Waals surface area contributed by atoms with Gasteiger partial charge in [-0.25, -0.2) is 9.37 Å². The number of piperazine rings is 1. The Labute approximate surface area is 175 Å². The summed E-state index contributed by atoms with van der Waals surface area (Å²) in [4.78, 5) is 13.4. The Hall–Kier alpha value is -1.96. The molecular formula is C22H28FN5S. The summed E-state index contributed by atoms with van der Waals surface area (Å²) < 4.78 is 15.4. The topological polar surface area (TPSA) is 27.0 Å². The van der Waals surface area contributed by atoms with Gasteiger partial charge in [0.1, 0.15) is 5.82 Å². The zero-order chi connectivity index (χ0) is 19.8. The molecule has 1 aromatic carbocycles. The van der Waals surface area contributed by atoms with E-state index in [1.165, 1.54) is 25.1 Å². The first-order valence-electron chi connectivity index (χ1n) is 10.6. The molecule has 0 amide bonds. The van der Waals surface area contributed by atoms with Crippen LogP contribution in [0.4, 0.5) is 10.1 Å². The molecule has 2 aromatic heterocycles. The minimum absolute atomic E-state index is 0.164. The summed E-state index contributed by atoms with van der Waals surface area (Å²) in [6.45, 7) is 9.60. The van der Waals surface area contributed by atoms with Gasteiger partial charge in [0, 0.05) is 62.6 Å². The van der Waals surface area contributed by atoms with Gasteiger partial charge in [0.2, 0.25) is 0 Å². The summed E-state index contributed by atoms with van der Waals surface area (Å²) in [5, 5.41) is 2.12. The maximum Gasteiger partial charge on any atom is 0.194 e. The number of benzene rings is 1. The van der Waals surface area contributed by atoms with Gasteiger partial charge in [-0.2, -0.15) is 0 Å². The van der Waals surface area contributed by atoms with Crippen molar-refractivity contribution >= 4 is 22.0 Å². The molecule has 3 aromatic rings. The summed E-state index contributed by atoms with van der Waals surface area (Å²) in [5.41, 5.74) is 3.63. The first-order chi connectivity index (χ1) is 14.2. The van der Waals surface area contributed by atoms with Crippen molar-refractivity contribution in [1.29, 1.82) is 0 Å². The molecule has 4 heterocycles. The third-order valence-electron chi connectivity index (χ3n) is 6.44. The predicted molar refractivity (Wildman–Crippen MR) is 116 cm³/mol. The average molecular weight is 414 g/mol. The predicted octanol–water partition coefficient (Wildman–Crippen LogP) is 3.63. The highest BCUT2D eigenvalue weighted by atomic mass is 32.1. The van der Waals surface area contributed by atoms with Crippen molar-refractivity contribution in [2.24, 2.45) is 0 Å². The van der Waals surface area contributed by atoms with Crippen molar-refractivity contribution in [1.82, 2.24) is 19.2 Å². The molecule has 5 nitrogen and oxygen atoms in total. The van der Waals surface area contributed by atoms with E-state index in [-0.39, 0.29) is 5.82 Å². The first-order valence-corrected chi connectivity index (χ1v) is 11.4. The Morgan fingerprint density at radius 3 is 2.69 bits per heavy atom. The number of hydrogen-bond acceptors (Lipinski definition) is 5. The number of nitrogens with zero attached hydrogens (tertiary/aromatic N) is 5. The standard InChI is InChI=1S/C22H28FN5S/c1-17-21(28-13-14-29-22(28)24-17)16-25-8-2-3-20(15-25)27-11-9-26(10-12-27)19-6-4-18(23)5-7-19/h4-7,13-14,20H,2-3,8-12,15-16H2,1H3. The highest BCUT2D eigenvalue weighted by Crippen LogP contribution is 2.24. The summed E-state index contributed by atoms with van der Waals surface area (Å²) in [7, 11) is 0. The minimum atomic E-state index is -0.164. The number of rotatable bonds is 4. The highest BCUT2D eigenvalue weighted by Gasteiger charge is 2.29. The number of halogens is 1. The van der Waals surface area contributed by atoms with Gasteiger partial charge in [-0.05, 0) is 50.6 Å². The van der Waals surface area contributed by atoms with Gasteiger partial charge in [0.15, 0.2) is 4.96 Å². The lowest BCUT2D eigenvalue weighted by Gasteiger charge is -2.44. The van der Waals surface area contributed by atoms with Crippen LogP contribution in [0.1, 0.15) is 24.2 Å². The molecular weight excluding hydrogens is 385 g/mol.